The van der Waals surface area contributed by atoms with Crippen molar-refractivity contribution in [3.05, 3.63) is 0 Å². The molecule has 3 unspecified atom stereocenters. The van der Waals surface area contributed by atoms with E-state index < -0.39 is 18.4 Å². The molecule has 0 spiro atoms. The average molecular weight is 231 g/mol. The van der Waals surface area contributed by atoms with E-state index in [1.807, 2.05) is 0 Å². The SMILES string of the molecule is NC1=[NH+]CN(C2CC(O)C(CO)O2)C(=O)N1. The third-order valence-corrected chi connectivity index (χ3v) is 2.67. The Balaban J connectivity index is 2.02. The average Bonchev–Trinajstić information content (AvgIpc) is 2.59. The second-order valence-corrected chi connectivity index (χ2v) is 3.76. The minimum Gasteiger partial charge on any atom is -0.394 e. The Morgan fingerprint density at radius 1 is 1.69 bits per heavy atom. The molecule has 1 fully saturated rings. The number of amides is 2. The van der Waals surface area contributed by atoms with Gasteiger partial charge in [0.1, 0.15) is 19.0 Å². The summed E-state index contributed by atoms with van der Waals surface area (Å²) in [6.45, 7) is -0.0536. The molecular formula is C8H15N4O4+. The number of hydrogen-bond acceptors (Lipinski definition) is 5. The summed E-state index contributed by atoms with van der Waals surface area (Å²) >= 11 is 0. The molecule has 0 saturated carbocycles. The fourth-order valence-corrected chi connectivity index (χ4v) is 1.78. The molecule has 2 heterocycles. The van der Waals surface area contributed by atoms with E-state index >= 15 is 0 Å². The molecule has 0 aromatic rings. The summed E-state index contributed by atoms with van der Waals surface area (Å²) in [6, 6.07) is -0.382. The van der Waals surface area contributed by atoms with Gasteiger partial charge in [0.15, 0.2) is 0 Å². The number of ether oxygens (including phenoxy) is 1. The number of carbonyl (C=O) groups is 1. The van der Waals surface area contributed by atoms with Gasteiger partial charge in [-0.05, 0) is 0 Å². The number of nitrogens with zero attached hydrogens (tertiary/aromatic N) is 1. The molecule has 2 rings (SSSR count). The van der Waals surface area contributed by atoms with Gasteiger partial charge in [-0.2, -0.15) is 5.32 Å². The molecule has 2 amide bonds. The summed E-state index contributed by atoms with van der Waals surface area (Å²) in [7, 11) is 0. The van der Waals surface area contributed by atoms with Crippen molar-refractivity contribution in [1.82, 2.24) is 10.2 Å². The molecule has 0 radical (unpaired) electrons. The first kappa shape index (κ1) is 11.1. The number of guanidine groups is 1. The Bertz CT molecular complexity index is 321. The van der Waals surface area contributed by atoms with Crippen LogP contribution in [-0.4, -0.2) is 58.8 Å². The molecule has 8 heteroatoms. The Kier molecular flexibility index (Phi) is 2.95. The minimum atomic E-state index is -0.758. The van der Waals surface area contributed by atoms with Crippen LogP contribution in [0.3, 0.4) is 0 Å². The van der Waals surface area contributed by atoms with E-state index in [0.29, 0.717) is 0 Å². The van der Waals surface area contributed by atoms with Crippen LogP contribution in [0.1, 0.15) is 6.42 Å². The van der Waals surface area contributed by atoms with Gasteiger partial charge in [-0.25, -0.2) is 4.79 Å². The zero-order chi connectivity index (χ0) is 11.7. The Morgan fingerprint density at radius 3 is 3.00 bits per heavy atom. The van der Waals surface area contributed by atoms with Crippen LogP contribution in [0.25, 0.3) is 0 Å². The fraction of sp³-hybridized carbons (Fsp3) is 0.750. The zero-order valence-corrected chi connectivity index (χ0v) is 8.59. The number of urea groups is 1. The largest absolute Gasteiger partial charge is 0.394 e. The van der Waals surface area contributed by atoms with Crippen molar-refractivity contribution in [3.63, 3.8) is 0 Å². The molecule has 1 saturated heterocycles. The van der Waals surface area contributed by atoms with Crippen LogP contribution in [-0.2, 0) is 4.74 Å². The lowest BCUT2D eigenvalue weighted by molar-refractivity contribution is -0.491. The lowest BCUT2D eigenvalue weighted by atomic mass is 10.2. The van der Waals surface area contributed by atoms with Gasteiger partial charge in [0.05, 0.1) is 12.7 Å². The van der Waals surface area contributed by atoms with Crippen molar-refractivity contribution in [2.45, 2.75) is 24.9 Å². The highest BCUT2D eigenvalue weighted by Crippen LogP contribution is 2.22. The van der Waals surface area contributed by atoms with Gasteiger partial charge in [-0.1, -0.05) is 0 Å². The third kappa shape index (κ3) is 1.94. The molecule has 0 aromatic heterocycles. The van der Waals surface area contributed by atoms with Crippen molar-refractivity contribution in [1.29, 1.82) is 0 Å². The Hall–Kier alpha value is -1.38. The van der Waals surface area contributed by atoms with Crippen molar-refractivity contribution < 1.29 is 24.7 Å². The topological polar surface area (TPSA) is 122 Å². The van der Waals surface area contributed by atoms with Crippen LogP contribution in [0.2, 0.25) is 0 Å². The van der Waals surface area contributed by atoms with Crippen LogP contribution < -0.4 is 16.0 Å². The molecule has 0 aliphatic carbocycles. The van der Waals surface area contributed by atoms with E-state index in [4.69, 9.17) is 15.6 Å². The van der Waals surface area contributed by atoms with Gasteiger partial charge in [0, 0.05) is 6.42 Å². The monoisotopic (exact) mass is 231 g/mol. The van der Waals surface area contributed by atoms with E-state index in [1.165, 1.54) is 4.90 Å². The van der Waals surface area contributed by atoms with Gasteiger partial charge in [-0.15, -0.1) is 0 Å². The number of hydrogen-bond donors (Lipinski definition) is 5. The van der Waals surface area contributed by atoms with Crippen LogP contribution >= 0.6 is 0 Å². The molecule has 2 aliphatic rings. The first-order chi connectivity index (χ1) is 7.61. The number of aliphatic hydroxyl groups excluding tert-OH is 2. The third-order valence-electron chi connectivity index (χ3n) is 2.67. The van der Waals surface area contributed by atoms with Gasteiger partial charge in [0.2, 0.25) is 0 Å². The van der Waals surface area contributed by atoms with Gasteiger partial charge >= 0.3 is 12.0 Å². The predicted octanol–water partition coefficient (Wildman–Crippen LogP) is -4.17. The maximum absolute atomic E-state index is 11.5. The molecular weight excluding hydrogens is 216 g/mol. The summed E-state index contributed by atoms with van der Waals surface area (Å²) in [4.78, 5) is 15.7. The molecule has 6 N–H and O–H groups in total. The summed E-state index contributed by atoms with van der Waals surface area (Å²) in [5.41, 5.74) is 5.38. The molecule has 90 valence electrons. The highest BCUT2D eigenvalue weighted by Gasteiger charge is 2.40. The van der Waals surface area contributed by atoms with E-state index in [-0.39, 0.29) is 31.7 Å². The van der Waals surface area contributed by atoms with E-state index in [0.717, 1.165) is 0 Å². The van der Waals surface area contributed by atoms with Gasteiger partial charge < -0.3 is 14.9 Å². The highest BCUT2D eigenvalue weighted by molar-refractivity contribution is 5.93. The number of carbonyl (C=O) groups excluding carboxylic acids is 1. The first-order valence-corrected chi connectivity index (χ1v) is 5.00. The fourth-order valence-electron chi connectivity index (χ4n) is 1.78. The first-order valence-electron chi connectivity index (χ1n) is 5.00. The molecule has 16 heavy (non-hydrogen) atoms. The smallest absolute Gasteiger partial charge is 0.386 e. The van der Waals surface area contributed by atoms with Gasteiger partial charge in [0.25, 0.3) is 0 Å². The van der Waals surface area contributed by atoms with Crippen molar-refractivity contribution in [3.8, 4) is 0 Å². The number of rotatable bonds is 2. The van der Waals surface area contributed by atoms with Crippen LogP contribution in [0, 0.1) is 0 Å². The lowest BCUT2D eigenvalue weighted by Gasteiger charge is -2.26. The van der Waals surface area contributed by atoms with Crippen LogP contribution in [0.15, 0.2) is 0 Å². The summed E-state index contributed by atoms with van der Waals surface area (Å²) in [5, 5.41) is 20.9. The summed E-state index contributed by atoms with van der Waals surface area (Å²) < 4.78 is 5.34. The maximum atomic E-state index is 11.5. The predicted molar refractivity (Wildman–Crippen MR) is 51.8 cm³/mol. The Labute approximate surface area is 91.7 Å². The molecule has 2 aliphatic heterocycles. The quantitative estimate of drug-likeness (QED) is 0.330. The highest BCUT2D eigenvalue weighted by atomic mass is 16.5. The van der Waals surface area contributed by atoms with Crippen molar-refractivity contribution in [2.75, 3.05) is 13.3 Å². The number of aliphatic hydroxyl groups is 2. The lowest BCUT2D eigenvalue weighted by Crippen LogP contribution is -2.87. The maximum Gasteiger partial charge on any atom is 0.386 e. The second-order valence-electron chi connectivity index (χ2n) is 3.76. The van der Waals surface area contributed by atoms with E-state index in [9.17, 15) is 9.90 Å². The van der Waals surface area contributed by atoms with E-state index in [1.54, 1.807) is 0 Å². The molecule has 0 bridgehead atoms. The number of nitrogens with one attached hydrogen (secondary N) is 2. The number of nitrogens with two attached hydrogens (primary N) is 1. The van der Waals surface area contributed by atoms with Crippen molar-refractivity contribution in [2.24, 2.45) is 5.73 Å². The minimum absolute atomic E-state index is 0.193. The Morgan fingerprint density at radius 2 is 2.44 bits per heavy atom. The normalized spacial score (nSPS) is 34.9. The van der Waals surface area contributed by atoms with Crippen LogP contribution in [0.5, 0.6) is 0 Å². The second kappa shape index (κ2) is 4.24. The molecule has 3 atom stereocenters. The van der Waals surface area contributed by atoms with Crippen molar-refractivity contribution >= 4 is 12.0 Å². The zero-order valence-electron chi connectivity index (χ0n) is 8.59. The van der Waals surface area contributed by atoms with Crippen LogP contribution in [0.4, 0.5) is 4.79 Å². The summed E-state index contributed by atoms with van der Waals surface area (Å²) in [5.74, 6) is 0.193. The molecule has 0 aromatic carbocycles. The molecule has 8 nitrogen and oxygen atoms in total. The van der Waals surface area contributed by atoms with Gasteiger partial charge in [-0.3, -0.25) is 15.6 Å². The van der Waals surface area contributed by atoms with E-state index in [2.05, 4.69) is 10.3 Å². The standard InChI is InChI=1S/C8H14N4O4/c9-7-10-3-12(8(15)11-7)6-1-4(14)5(2-13)16-6/h4-6,13-14H,1-3H2,(H3,9,10,11,15)/p+1. The summed E-state index contributed by atoms with van der Waals surface area (Å²) in [6.07, 6.45) is -1.67.